The number of aliphatic hydroxyl groups excluding tert-OH is 4. The van der Waals surface area contributed by atoms with Gasteiger partial charge in [-0.2, -0.15) is 35.3 Å². The number of aliphatic hydroxyl groups is 4. The topological polar surface area (TPSA) is 220 Å². The highest BCUT2D eigenvalue weighted by molar-refractivity contribution is 7.99. The predicted molar refractivity (Wildman–Crippen MR) is 281 cm³/mol. The molecule has 3 amide bonds. The normalized spacial score (nSPS) is 10.8. The monoisotopic (exact) mass is 970 g/mol. The Kier molecular flexibility index (Phi) is 67.8. The van der Waals surface area contributed by atoms with Crippen LogP contribution >= 0.6 is 35.3 Å². The molecule has 0 unspecified atom stereocenters. The third-order valence-electron chi connectivity index (χ3n) is 10.3. The van der Waals surface area contributed by atoms with Crippen LogP contribution in [-0.2, 0) is 14.4 Å². The number of carbonyl (C=O) groups is 3. The number of hydrogen-bond donors (Lipinski definition) is 9. The fourth-order valence-electron chi connectivity index (χ4n) is 6.55. The lowest BCUT2D eigenvalue weighted by molar-refractivity contribution is -0.122. The van der Waals surface area contributed by atoms with E-state index >= 15 is 0 Å². The molecule has 64 heavy (non-hydrogen) atoms. The first kappa shape index (κ1) is 67.5. The molecule has 0 aliphatic heterocycles. The molecule has 0 radical (unpaired) electrons. The molecule has 0 aromatic heterocycles. The second kappa shape index (κ2) is 64.3. The molecule has 0 aromatic carbocycles. The van der Waals surface area contributed by atoms with Crippen LogP contribution in [0.25, 0.3) is 0 Å². The van der Waals surface area contributed by atoms with Gasteiger partial charge in [-0.05, 0) is 88.0 Å². The maximum Gasteiger partial charge on any atom is 0.219 e. The van der Waals surface area contributed by atoms with Crippen LogP contribution in [0.4, 0.5) is 0 Å². The fourth-order valence-corrected chi connectivity index (χ4v) is 8.81. The van der Waals surface area contributed by atoms with Crippen LogP contribution in [0.5, 0.6) is 0 Å². The summed E-state index contributed by atoms with van der Waals surface area (Å²) in [5.74, 6) is 6.87. The summed E-state index contributed by atoms with van der Waals surface area (Å²) in [4.78, 5) is 34.3. The summed E-state index contributed by atoms with van der Waals surface area (Å²) in [6.45, 7) is 4.34. The van der Waals surface area contributed by atoms with Crippen molar-refractivity contribution in [3.8, 4) is 0 Å². The van der Waals surface area contributed by atoms with Crippen molar-refractivity contribution in [3.05, 3.63) is 0 Å². The molecule has 0 saturated heterocycles. The minimum Gasteiger partial charge on any atom is -0.396 e. The Labute approximate surface area is 406 Å². The molecule has 12 nitrogen and oxygen atoms in total. The van der Waals surface area contributed by atoms with E-state index in [9.17, 15) is 14.4 Å². The Hall–Kier alpha value is -0.780. The zero-order valence-electron chi connectivity index (χ0n) is 40.9. The van der Waals surface area contributed by atoms with Crippen LogP contribution in [0, 0.1) is 0 Å². The molecular weight excluding hydrogens is 867 g/mol. The molecule has 384 valence electrons. The van der Waals surface area contributed by atoms with Gasteiger partial charge in [-0.25, -0.2) is 0 Å². The maximum atomic E-state index is 11.5. The van der Waals surface area contributed by atoms with E-state index in [0.29, 0.717) is 65.0 Å². The van der Waals surface area contributed by atoms with Crippen LogP contribution in [0.2, 0.25) is 0 Å². The van der Waals surface area contributed by atoms with Crippen molar-refractivity contribution in [1.29, 1.82) is 0 Å². The van der Waals surface area contributed by atoms with Crippen LogP contribution in [-0.4, -0.2) is 132 Å². The van der Waals surface area contributed by atoms with Crippen molar-refractivity contribution in [2.45, 2.75) is 199 Å². The Morgan fingerprint density at radius 1 is 0.297 bits per heavy atom. The summed E-state index contributed by atoms with van der Waals surface area (Å²) < 4.78 is 0. The van der Waals surface area contributed by atoms with E-state index in [1.54, 1.807) is 0 Å². The first-order chi connectivity index (χ1) is 31.4. The average molecular weight is 971 g/mol. The van der Waals surface area contributed by atoms with E-state index in [1.165, 1.54) is 139 Å². The van der Waals surface area contributed by atoms with Crippen molar-refractivity contribution in [2.24, 2.45) is 11.5 Å². The Bertz CT molecular complexity index is 873. The van der Waals surface area contributed by atoms with E-state index in [2.05, 4.69) is 16.0 Å². The van der Waals surface area contributed by atoms with Gasteiger partial charge in [0, 0.05) is 75.9 Å². The number of rotatable bonds is 49. The summed E-state index contributed by atoms with van der Waals surface area (Å²) in [6.07, 6.45) is 34.9. The summed E-state index contributed by atoms with van der Waals surface area (Å²) in [6, 6.07) is 0. The highest BCUT2D eigenvalue weighted by atomic mass is 32.2. The standard InChI is InChI=1S/C17H36N2O2S.C16H34N2O2S.C16H33NO3S/c18-12-8-9-13-19-17(21)11-7-5-3-1-2-4-6-10-15-22-16-14-20;17-11-15-21-14-8-6-4-2-1-3-5-7-10-16(20)18-12-9-13-19;18-12-9-11-17-16(20)10-7-5-3-1-2-4-6-8-14-21-15-13-19/h20H,1-16,18H2,(H,19,21);19H,1-15,17H2,(H,18,20);18-19H,1-15H2,(H,17,20). The average Bonchev–Trinajstić information content (AvgIpc) is 3.29. The quantitative estimate of drug-likeness (QED) is 0.0262. The van der Waals surface area contributed by atoms with Gasteiger partial charge in [-0.15, -0.1) is 0 Å². The second-order valence-corrected chi connectivity index (χ2v) is 20.2. The van der Waals surface area contributed by atoms with Crippen LogP contribution < -0.4 is 27.4 Å². The number of thioether (sulfide) groups is 3. The molecule has 0 aliphatic carbocycles. The lowest BCUT2D eigenvalue weighted by Crippen LogP contribution is -2.24. The maximum absolute atomic E-state index is 11.5. The summed E-state index contributed by atoms with van der Waals surface area (Å²) in [5.41, 5.74) is 10.8. The second-order valence-electron chi connectivity index (χ2n) is 16.5. The molecule has 11 N–H and O–H groups in total. The first-order valence-electron chi connectivity index (χ1n) is 25.8. The molecular formula is C49H103N5O7S3. The van der Waals surface area contributed by atoms with E-state index < -0.39 is 0 Å². The zero-order chi connectivity index (χ0) is 47.5. The van der Waals surface area contributed by atoms with Gasteiger partial charge in [-0.3, -0.25) is 14.4 Å². The summed E-state index contributed by atoms with van der Waals surface area (Å²) in [5, 5.41) is 43.1. The lowest BCUT2D eigenvalue weighted by Gasteiger charge is -2.05. The number of carbonyl (C=O) groups excluding carboxylic acids is 3. The number of amides is 3. The largest absolute Gasteiger partial charge is 0.396 e. The first-order valence-corrected chi connectivity index (χ1v) is 29.3. The molecule has 0 aromatic rings. The Morgan fingerprint density at radius 3 is 0.859 bits per heavy atom. The SMILES string of the molecule is NCCCCNC(=O)CCCCCCCCCCSCCO.NCCSCCCCCCCCCCC(=O)NCCCO.O=C(CCCCCCCCCCSCCO)NCCCO. The van der Waals surface area contributed by atoms with Crippen molar-refractivity contribution >= 4 is 53.0 Å². The third-order valence-corrected chi connectivity index (χ3v) is 13.5. The summed E-state index contributed by atoms with van der Waals surface area (Å²) in [7, 11) is 0. The van der Waals surface area contributed by atoms with Gasteiger partial charge >= 0.3 is 0 Å². The van der Waals surface area contributed by atoms with E-state index in [4.69, 9.17) is 31.9 Å². The van der Waals surface area contributed by atoms with Gasteiger partial charge in [0.15, 0.2) is 0 Å². The van der Waals surface area contributed by atoms with Crippen LogP contribution in [0.1, 0.15) is 199 Å². The van der Waals surface area contributed by atoms with Crippen molar-refractivity contribution < 1.29 is 34.8 Å². The van der Waals surface area contributed by atoms with Crippen molar-refractivity contribution in [3.63, 3.8) is 0 Å². The molecule has 0 rings (SSSR count). The van der Waals surface area contributed by atoms with Crippen LogP contribution in [0.3, 0.4) is 0 Å². The highest BCUT2D eigenvalue weighted by Crippen LogP contribution is 2.14. The van der Waals surface area contributed by atoms with Gasteiger partial charge in [0.2, 0.25) is 17.7 Å². The van der Waals surface area contributed by atoms with Crippen molar-refractivity contribution in [1.82, 2.24) is 16.0 Å². The lowest BCUT2D eigenvalue weighted by atomic mass is 10.1. The van der Waals surface area contributed by atoms with Gasteiger partial charge < -0.3 is 47.8 Å². The molecule has 0 heterocycles. The Balaban J connectivity index is -0.000000872. The van der Waals surface area contributed by atoms with E-state index in [0.717, 1.165) is 75.3 Å². The van der Waals surface area contributed by atoms with Gasteiger partial charge in [0.25, 0.3) is 0 Å². The van der Waals surface area contributed by atoms with Gasteiger partial charge in [0.05, 0.1) is 13.2 Å². The van der Waals surface area contributed by atoms with E-state index in [-0.39, 0.29) is 30.9 Å². The minimum atomic E-state index is 0.115. The predicted octanol–water partition coefficient (Wildman–Crippen LogP) is 8.49. The molecule has 0 aliphatic rings. The fraction of sp³-hybridized carbons (Fsp3) is 0.939. The summed E-state index contributed by atoms with van der Waals surface area (Å²) >= 11 is 5.64. The van der Waals surface area contributed by atoms with Gasteiger partial charge in [0.1, 0.15) is 0 Å². The van der Waals surface area contributed by atoms with Crippen molar-refractivity contribution in [2.75, 3.05) is 93.7 Å². The van der Waals surface area contributed by atoms with Gasteiger partial charge in [-0.1, -0.05) is 116 Å². The molecule has 0 saturated carbocycles. The molecule has 0 atom stereocenters. The number of nitrogens with one attached hydrogen (secondary N) is 3. The molecule has 15 heteroatoms. The van der Waals surface area contributed by atoms with Crippen LogP contribution in [0.15, 0.2) is 0 Å². The molecule has 0 spiro atoms. The Morgan fingerprint density at radius 2 is 0.578 bits per heavy atom. The smallest absolute Gasteiger partial charge is 0.219 e. The number of hydrogen-bond acceptors (Lipinski definition) is 12. The minimum absolute atomic E-state index is 0.115. The zero-order valence-corrected chi connectivity index (χ0v) is 43.4. The van der Waals surface area contributed by atoms with E-state index in [1.807, 2.05) is 35.3 Å². The third kappa shape index (κ3) is 67.8. The molecule has 0 fully saturated rings. The number of unbranched alkanes of at least 4 members (excludes halogenated alkanes) is 22. The molecule has 0 bridgehead atoms. The highest BCUT2D eigenvalue weighted by Gasteiger charge is 2.03. The number of nitrogens with two attached hydrogens (primary N) is 2.